The van der Waals surface area contributed by atoms with E-state index >= 15 is 0 Å². The van der Waals surface area contributed by atoms with Gasteiger partial charge in [0.1, 0.15) is 35.4 Å². The number of aromatic nitrogens is 4. The number of methoxy groups -OCH3 is 1. The molecule has 1 aliphatic heterocycles. The largest absolute Gasteiger partial charge is 0.494 e. The molecule has 10 nitrogen and oxygen atoms in total. The maximum absolute atomic E-state index is 14.3. The van der Waals surface area contributed by atoms with Crippen molar-refractivity contribution >= 4 is 28.0 Å². The van der Waals surface area contributed by atoms with Crippen LogP contribution in [0.5, 0.6) is 11.5 Å². The van der Waals surface area contributed by atoms with Crippen molar-refractivity contribution < 1.29 is 23.8 Å². The van der Waals surface area contributed by atoms with E-state index in [0.717, 1.165) is 45.9 Å². The molecule has 234 valence electrons. The predicted octanol–water partition coefficient (Wildman–Crippen LogP) is 4.56. The van der Waals surface area contributed by atoms with Crippen molar-refractivity contribution in [3.05, 3.63) is 60.2 Å². The Morgan fingerprint density at radius 2 is 1.89 bits per heavy atom. The molecule has 1 saturated heterocycles. The normalized spacial score (nSPS) is 18.6. The molecule has 1 saturated carbocycles. The minimum absolute atomic E-state index is 0.0260. The monoisotopic (exact) mass is 612 g/mol. The smallest absolute Gasteiger partial charge is 0.254 e. The van der Waals surface area contributed by atoms with Crippen LogP contribution in [0.1, 0.15) is 29.6 Å². The summed E-state index contributed by atoms with van der Waals surface area (Å²) in [6.45, 7) is 1.38. The minimum atomic E-state index is -1.14. The van der Waals surface area contributed by atoms with Crippen LogP contribution in [0.2, 0.25) is 0 Å². The highest BCUT2D eigenvalue weighted by atomic mass is 19.1. The molecular weight excluding hydrogens is 575 g/mol. The first-order valence-corrected chi connectivity index (χ1v) is 15.4. The summed E-state index contributed by atoms with van der Waals surface area (Å²) >= 11 is 0. The number of imidazole rings is 1. The molecule has 2 atom stereocenters. The molecule has 7 rings (SSSR count). The number of hydrogen-bond acceptors (Lipinski definition) is 7. The zero-order valence-electron chi connectivity index (χ0n) is 25.4. The summed E-state index contributed by atoms with van der Waals surface area (Å²) in [5, 5.41) is 10.1. The summed E-state index contributed by atoms with van der Waals surface area (Å²) in [7, 11) is 3.52. The number of halogens is 1. The molecule has 3 aromatic heterocycles. The predicted molar refractivity (Wildman–Crippen MR) is 170 cm³/mol. The van der Waals surface area contributed by atoms with E-state index in [2.05, 4.69) is 16.7 Å². The molecule has 2 fully saturated rings. The summed E-state index contributed by atoms with van der Waals surface area (Å²) in [5.74, 6) is 2.25. The number of aliphatic hydroxyl groups is 1. The number of aryl methyl sites for hydroxylation is 1. The van der Waals surface area contributed by atoms with E-state index in [4.69, 9.17) is 30.3 Å². The van der Waals surface area contributed by atoms with Gasteiger partial charge in [-0.1, -0.05) is 0 Å². The Balaban J connectivity index is 1.29. The second-order valence-corrected chi connectivity index (χ2v) is 12.1. The third-order valence-corrected chi connectivity index (χ3v) is 8.74. The fourth-order valence-electron chi connectivity index (χ4n) is 6.34. The number of alkyl halides is 1. The van der Waals surface area contributed by atoms with E-state index in [9.17, 15) is 9.18 Å². The van der Waals surface area contributed by atoms with E-state index < -0.39 is 12.2 Å². The number of benzene rings is 2. The van der Waals surface area contributed by atoms with Gasteiger partial charge in [0, 0.05) is 42.7 Å². The molecule has 2 aliphatic rings. The fraction of sp³-hybridized carbons (Fsp3) is 0.382. The van der Waals surface area contributed by atoms with Crippen molar-refractivity contribution in [1.29, 1.82) is 0 Å². The number of fused-ring (bicyclic) bond motifs is 2. The summed E-state index contributed by atoms with van der Waals surface area (Å²) in [6, 6.07) is 17.0. The van der Waals surface area contributed by atoms with Crippen LogP contribution >= 0.6 is 0 Å². The molecule has 11 heteroatoms. The summed E-state index contributed by atoms with van der Waals surface area (Å²) in [5.41, 5.74) is 11.4. The molecule has 0 spiro atoms. The van der Waals surface area contributed by atoms with Gasteiger partial charge in [0.05, 0.1) is 37.2 Å². The number of carbonyl (C=O) groups excluding carboxylic acids is 1. The Hall–Kier alpha value is -4.48. The summed E-state index contributed by atoms with van der Waals surface area (Å²) < 4.78 is 29.8. The summed E-state index contributed by atoms with van der Waals surface area (Å²) in [4.78, 5) is 25.1. The lowest BCUT2D eigenvalue weighted by atomic mass is 10.0. The first-order valence-electron chi connectivity index (χ1n) is 15.4. The van der Waals surface area contributed by atoms with Gasteiger partial charge in [-0.3, -0.25) is 4.79 Å². The van der Waals surface area contributed by atoms with Crippen molar-refractivity contribution in [3.63, 3.8) is 0 Å². The number of ether oxygens (including phenoxy) is 2. The molecule has 45 heavy (non-hydrogen) atoms. The maximum atomic E-state index is 14.3. The average Bonchev–Trinajstić information content (AvgIpc) is 3.71. The van der Waals surface area contributed by atoms with Gasteiger partial charge < -0.3 is 34.3 Å². The number of amides is 1. The van der Waals surface area contributed by atoms with Crippen molar-refractivity contribution in [2.75, 3.05) is 33.4 Å². The Labute approximate surface area is 260 Å². The van der Waals surface area contributed by atoms with Crippen LogP contribution in [0.25, 0.3) is 44.8 Å². The van der Waals surface area contributed by atoms with E-state index in [1.165, 1.54) is 17.7 Å². The van der Waals surface area contributed by atoms with Gasteiger partial charge in [-0.05, 0) is 79.8 Å². The Morgan fingerprint density at radius 1 is 1.09 bits per heavy atom. The van der Waals surface area contributed by atoms with E-state index in [1.54, 1.807) is 19.2 Å². The minimum Gasteiger partial charge on any atom is -0.494 e. The molecule has 5 aromatic rings. The number of piperidine rings is 1. The molecule has 3 N–H and O–H groups in total. The van der Waals surface area contributed by atoms with Crippen molar-refractivity contribution in [3.8, 4) is 34.3 Å². The Kier molecular flexibility index (Phi) is 7.66. The van der Waals surface area contributed by atoms with Crippen LogP contribution < -0.4 is 15.2 Å². The number of likely N-dealkylation sites (tertiary alicyclic amines) is 1. The maximum Gasteiger partial charge on any atom is 0.254 e. The van der Waals surface area contributed by atoms with Crippen LogP contribution in [0.3, 0.4) is 0 Å². The highest BCUT2D eigenvalue weighted by Crippen LogP contribution is 2.38. The Morgan fingerprint density at radius 3 is 2.60 bits per heavy atom. The molecule has 0 radical (unpaired) electrons. The lowest BCUT2D eigenvalue weighted by Gasteiger charge is -2.33. The van der Waals surface area contributed by atoms with Gasteiger partial charge in [-0.25, -0.2) is 14.4 Å². The number of nitrogens with two attached hydrogens (primary N) is 1. The van der Waals surface area contributed by atoms with Gasteiger partial charge in [0.15, 0.2) is 5.82 Å². The first-order chi connectivity index (χ1) is 21.8. The lowest BCUT2D eigenvalue weighted by molar-refractivity contribution is 0.0606. The molecule has 0 bridgehead atoms. The highest BCUT2D eigenvalue weighted by molar-refractivity contribution is 6.00. The molecule has 1 amide bonds. The number of hydrogen-bond donors (Lipinski definition) is 2. The standard InChI is InChI=1S/C34H37FN6O4/c1-39-31-28(13-23(15-30(31)44-2)34(43)40-18-24(35)16-25(36)19-40)38-33(39)29-14-22-7-10-27(37-32(22)41(29)17-20-3-4-20)21-5-8-26(9-6-21)45-12-11-42/h5-10,13-15,20,24-25,42H,3-4,11-12,16-19,36H2,1-2H3/t24-,25-/m1/s1. The van der Waals surface area contributed by atoms with Gasteiger partial charge in [-0.15, -0.1) is 0 Å². The fourth-order valence-corrected chi connectivity index (χ4v) is 6.34. The van der Waals surface area contributed by atoms with Gasteiger partial charge in [0.25, 0.3) is 5.91 Å². The molecule has 0 unspecified atom stereocenters. The zero-order valence-corrected chi connectivity index (χ0v) is 25.4. The number of pyridine rings is 1. The van der Waals surface area contributed by atoms with Gasteiger partial charge >= 0.3 is 0 Å². The molecular formula is C34H37FN6O4. The third-order valence-electron chi connectivity index (χ3n) is 8.74. The first kappa shape index (κ1) is 29.2. The van der Waals surface area contributed by atoms with E-state index in [-0.39, 0.29) is 32.1 Å². The van der Waals surface area contributed by atoms with E-state index in [1.807, 2.05) is 41.9 Å². The highest BCUT2D eigenvalue weighted by Gasteiger charge is 2.30. The lowest BCUT2D eigenvalue weighted by Crippen LogP contribution is -2.50. The third kappa shape index (κ3) is 5.62. The Bertz CT molecular complexity index is 1870. The van der Waals surface area contributed by atoms with Crippen molar-refractivity contribution in [1.82, 2.24) is 24.0 Å². The quantitative estimate of drug-likeness (QED) is 0.250. The van der Waals surface area contributed by atoms with Crippen LogP contribution in [0, 0.1) is 5.92 Å². The topological polar surface area (TPSA) is 121 Å². The average molecular weight is 613 g/mol. The number of aliphatic hydroxyl groups excluding tert-OH is 1. The second-order valence-electron chi connectivity index (χ2n) is 12.1. The molecule has 2 aromatic carbocycles. The zero-order chi connectivity index (χ0) is 31.2. The van der Waals surface area contributed by atoms with Crippen molar-refractivity contribution in [2.24, 2.45) is 18.7 Å². The molecule has 4 heterocycles. The SMILES string of the molecule is COc1cc(C(=O)N2C[C@H](N)C[C@@H](F)C2)cc2nc(-c3cc4ccc(-c5ccc(OCCO)cc5)nc4n3CC3CC3)n(C)c12. The number of rotatable bonds is 9. The summed E-state index contributed by atoms with van der Waals surface area (Å²) in [6.07, 6.45) is 1.47. The number of nitrogens with zero attached hydrogens (tertiary/aromatic N) is 5. The van der Waals surface area contributed by atoms with E-state index in [0.29, 0.717) is 35.0 Å². The molecule has 1 aliphatic carbocycles. The van der Waals surface area contributed by atoms with Crippen LogP contribution in [0.15, 0.2) is 54.6 Å². The van der Waals surface area contributed by atoms with Gasteiger partial charge in [-0.2, -0.15) is 0 Å². The van der Waals surface area contributed by atoms with Crippen LogP contribution in [-0.2, 0) is 13.6 Å². The second kappa shape index (κ2) is 11.8. The van der Waals surface area contributed by atoms with Crippen LogP contribution in [0.4, 0.5) is 4.39 Å². The van der Waals surface area contributed by atoms with Gasteiger partial charge in [0.2, 0.25) is 0 Å². The van der Waals surface area contributed by atoms with Crippen molar-refractivity contribution in [2.45, 2.75) is 38.0 Å². The van der Waals surface area contributed by atoms with Crippen LogP contribution in [-0.4, -0.2) is 80.6 Å². The number of carbonyl (C=O) groups is 1.